The summed E-state index contributed by atoms with van der Waals surface area (Å²) in [6, 6.07) is 7.18. The highest BCUT2D eigenvalue weighted by Gasteiger charge is 2.32. The number of rotatable bonds is 8. The summed E-state index contributed by atoms with van der Waals surface area (Å²) >= 11 is 0. The lowest BCUT2D eigenvalue weighted by atomic mass is 10.0. The first kappa shape index (κ1) is 23.3. The lowest BCUT2D eigenvalue weighted by molar-refractivity contribution is -0.116. The molecule has 0 atom stereocenters. The van der Waals surface area contributed by atoms with Gasteiger partial charge in [0.25, 0.3) is 0 Å². The largest absolute Gasteiger partial charge is 0.494 e. The van der Waals surface area contributed by atoms with Crippen LogP contribution in [0.5, 0.6) is 5.75 Å². The van der Waals surface area contributed by atoms with Crippen LogP contribution in [0.4, 0.5) is 5.69 Å². The van der Waals surface area contributed by atoms with Gasteiger partial charge in [0.1, 0.15) is 10.6 Å². The van der Waals surface area contributed by atoms with Crippen molar-refractivity contribution in [2.24, 2.45) is 5.92 Å². The Balaban J connectivity index is 1.64. The molecule has 1 aliphatic heterocycles. The van der Waals surface area contributed by atoms with Gasteiger partial charge in [-0.05, 0) is 63.8 Å². The van der Waals surface area contributed by atoms with Gasteiger partial charge in [0.2, 0.25) is 15.9 Å². The molecule has 0 saturated carbocycles. The van der Waals surface area contributed by atoms with Crippen molar-refractivity contribution in [1.29, 1.82) is 0 Å². The first-order chi connectivity index (χ1) is 14.7. The zero-order valence-electron chi connectivity index (χ0n) is 18.7. The fourth-order valence-electron chi connectivity index (χ4n) is 3.86. The Bertz CT molecular complexity index is 1010. The summed E-state index contributed by atoms with van der Waals surface area (Å²) in [7, 11) is -3.58. The Morgan fingerprint density at radius 1 is 1.19 bits per heavy atom. The number of carbonyl (C=O) groups excluding carboxylic acids is 1. The second-order valence-electron chi connectivity index (χ2n) is 8.07. The molecule has 8 nitrogen and oxygen atoms in total. The Hall–Kier alpha value is -2.39. The highest BCUT2D eigenvalue weighted by Crippen LogP contribution is 2.27. The molecule has 1 aliphatic rings. The van der Waals surface area contributed by atoms with Crippen LogP contribution in [0.2, 0.25) is 0 Å². The number of benzene rings is 1. The third-order valence-electron chi connectivity index (χ3n) is 5.66. The molecular weight excluding hydrogens is 416 g/mol. The molecule has 1 amide bonds. The molecule has 1 fully saturated rings. The van der Waals surface area contributed by atoms with Crippen molar-refractivity contribution in [3.8, 4) is 5.75 Å². The summed E-state index contributed by atoms with van der Waals surface area (Å²) in [6.07, 6.45) is 1.93. The van der Waals surface area contributed by atoms with Crippen molar-refractivity contribution < 1.29 is 17.9 Å². The molecule has 0 aliphatic carbocycles. The van der Waals surface area contributed by atoms with E-state index in [9.17, 15) is 13.2 Å². The number of ether oxygens (including phenoxy) is 1. The number of nitrogens with one attached hydrogen (secondary N) is 1. The second kappa shape index (κ2) is 9.82. The van der Waals surface area contributed by atoms with E-state index < -0.39 is 10.0 Å². The summed E-state index contributed by atoms with van der Waals surface area (Å²) in [4.78, 5) is 12.6. The number of amides is 1. The van der Waals surface area contributed by atoms with Gasteiger partial charge >= 0.3 is 0 Å². The van der Waals surface area contributed by atoms with Gasteiger partial charge in [-0.2, -0.15) is 9.40 Å². The van der Waals surface area contributed by atoms with Crippen LogP contribution in [0.25, 0.3) is 0 Å². The van der Waals surface area contributed by atoms with Crippen LogP contribution in [0.1, 0.15) is 44.5 Å². The van der Waals surface area contributed by atoms with E-state index in [0.29, 0.717) is 49.2 Å². The van der Waals surface area contributed by atoms with Crippen LogP contribution in [0.3, 0.4) is 0 Å². The van der Waals surface area contributed by atoms with Gasteiger partial charge in [0.15, 0.2) is 0 Å². The molecular formula is C22H32N4O4S. The molecule has 0 radical (unpaired) electrons. The molecule has 31 heavy (non-hydrogen) atoms. The zero-order valence-corrected chi connectivity index (χ0v) is 19.5. The van der Waals surface area contributed by atoms with Gasteiger partial charge in [-0.25, -0.2) is 8.42 Å². The number of hydrogen-bond acceptors (Lipinski definition) is 5. The van der Waals surface area contributed by atoms with Gasteiger partial charge < -0.3 is 10.1 Å². The predicted molar refractivity (Wildman–Crippen MR) is 120 cm³/mol. The predicted octanol–water partition coefficient (Wildman–Crippen LogP) is 3.35. The minimum atomic E-state index is -3.58. The molecule has 0 spiro atoms. The summed E-state index contributed by atoms with van der Waals surface area (Å²) in [5, 5.41) is 7.26. The monoisotopic (exact) mass is 448 g/mol. The van der Waals surface area contributed by atoms with Crippen molar-refractivity contribution in [2.75, 3.05) is 25.0 Å². The molecule has 170 valence electrons. The Morgan fingerprint density at radius 3 is 2.45 bits per heavy atom. The SMILES string of the molecule is CCOc1ccc(NC(=O)CCn2nc(C)c(S(=O)(=O)N3CCC(C)CC3)c2C)cc1. The van der Waals surface area contributed by atoms with Crippen molar-refractivity contribution in [3.63, 3.8) is 0 Å². The summed E-state index contributed by atoms with van der Waals surface area (Å²) < 4.78 is 34.9. The minimum absolute atomic E-state index is 0.161. The van der Waals surface area contributed by atoms with Gasteiger partial charge in [0, 0.05) is 25.2 Å². The molecule has 1 saturated heterocycles. The maximum Gasteiger partial charge on any atom is 0.246 e. The van der Waals surface area contributed by atoms with E-state index >= 15 is 0 Å². The maximum absolute atomic E-state index is 13.2. The molecule has 2 aromatic rings. The molecule has 2 heterocycles. The normalized spacial score (nSPS) is 15.7. The number of piperidine rings is 1. The quantitative estimate of drug-likeness (QED) is 0.668. The fraction of sp³-hybridized carbons (Fsp3) is 0.545. The Kier molecular flexibility index (Phi) is 7.38. The van der Waals surface area contributed by atoms with Gasteiger partial charge in [0.05, 0.1) is 24.5 Å². The number of aryl methyl sites for hydroxylation is 2. The molecule has 1 aromatic heterocycles. The number of hydrogen-bond donors (Lipinski definition) is 1. The molecule has 3 rings (SSSR count). The number of aromatic nitrogens is 2. The molecule has 0 unspecified atom stereocenters. The van der Waals surface area contributed by atoms with Crippen LogP contribution in [0, 0.1) is 19.8 Å². The van der Waals surface area contributed by atoms with E-state index in [2.05, 4.69) is 17.3 Å². The summed E-state index contributed by atoms with van der Waals surface area (Å²) in [5.74, 6) is 1.14. The van der Waals surface area contributed by atoms with Crippen LogP contribution in [-0.4, -0.2) is 48.1 Å². The zero-order chi connectivity index (χ0) is 22.6. The summed E-state index contributed by atoms with van der Waals surface area (Å²) in [5.41, 5.74) is 1.73. The lowest BCUT2D eigenvalue weighted by Gasteiger charge is -2.29. The highest BCUT2D eigenvalue weighted by molar-refractivity contribution is 7.89. The van der Waals surface area contributed by atoms with Crippen molar-refractivity contribution in [2.45, 2.75) is 58.4 Å². The van der Waals surface area contributed by atoms with Crippen LogP contribution >= 0.6 is 0 Å². The molecule has 1 aromatic carbocycles. The van der Waals surface area contributed by atoms with Crippen molar-refractivity contribution in [1.82, 2.24) is 14.1 Å². The maximum atomic E-state index is 13.2. The molecule has 0 bridgehead atoms. The van der Waals surface area contributed by atoms with E-state index in [1.807, 2.05) is 6.92 Å². The smallest absolute Gasteiger partial charge is 0.246 e. The van der Waals surface area contributed by atoms with Crippen molar-refractivity contribution >= 4 is 21.6 Å². The second-order valence-corrected chi connectivity index (χ2v) is 9.94. The first-order valence-corrected chi connectivity index (χ1v) is 12.2. The van der Waals surface area contributed by atoms with Gasteiger partial charge in [-0.15, -0.1) is 0 Å². The van der Waals surface area contributed by atoms with Gasteiger partial charge in [-0.3, -0.25) is 9.48 Å². The molecule has 9 heteroatoms. The highest BCUT2D eigenvalue weighted by atomic mass is 32.2. The van der Waals surface area contributed by atoms with E-state index in [0.717, 1.165) is 18.6 Å². The number of nitrogens with zero attached hydrogens (tertiary/aromatic N) is 3. The topological polar surface area (TPSA) is 93.5 Å². The van der Waals surface area contributed by atoms with E-state index in [1.165, 1.54) is 0 Å². The average molecular weight is 449 g/mol. The third-order valence-corrected chi connectivity index (χ3v) is 7.81. The molecule has 1 N–H and O–H groups in total. The van der Waals surface area contributed by atoms with Crippen molar-refractivity contribution in [3.05, 3.63) is 35.7 Å². The van der Waals surface area contributed by atoms with E-state index in [-0.39, 0.29) is 17.2 Å². The minimum Gasteiger partial charge on any atom is -0.494 e. The van der Waals surface area contributed by atoms with Gasteiger partial charge in [-0.1, -0.05) is 6.92 Å². The number of sulfonamides is 1. The number of carbonyl (C=O) groups is 1. The standard InChI is InChI=1S/C22H32N4O4S/c1-5-30-20-8-6-19(7-9-20)23-21(27)12-15-26-18(4)22(17(3)24-26)31(28,29)25-13-10-16(2)11-14-25/h6-9,16H,5,10-15H2,1-4H3,(H,23,27). The Labute approximate surface area is 184 Å². The van der Waals surface area contributed by atoms with Crippen LogP contribution in [0.15, 0.2) is 29.2 Å². The lowest BCUT2D eigenvalue weighted by Crippen LogP contribution is -2.38. The number of anilines is 1. The van der Waals surface area contributed by atoms with E-state index in [1.54, 1.807) is 47.1 Å². The average Bonchev–Trinajstić information content (AvgIpc) is 3.02. The van der Waals surface area contributed by atoms with E-state index in [4.69, 9.17) is 4.74 Å². The third kappa shape index (κ3) is 5.46. The summed E-state index contributed by atoms with van der Waals surface area (Å²) in [6.45, 7) is 9.50. The van der Waals surface area contributed by atoms with Crippen LogP contribution in [-0.2, 0) is 21.4 Å². The first-order valence-electron chi connectivity index (χ1n) is 10.8. The van der Waals surface area contributed by atoms with Crippen LogP contribution < -0.4 is 10.1 Å². The fourth-order valence-corrected chi connectivity index (χ4v) is 5.70. The Morgan fingerprint density at radius 2 is 1.84 bits per heavy atom.